The Hall–Kier alpha value is -2.25. The molecule has 2 aliphatic heterocycles. The van der Waals surface area contributed by atoms with Gasteiger partial charge in [-0.05, 0) is 49.6 Å². The van der Waals surface area contributed by atoms with Gasteiger partial charge in [-0.1, -0.05) is 30.3 Å². The molecule has 3 atom stereocenters. The molecule has 0 aromatic heterocycles. The fourth-order valence-electron chi connectivity index (χ4n) is 4.84. The van der Waals surface area contributed by atoms with Gasteiger partial charge >= 0.3 is 6.36 Å². The van der Waals surface area contributed by atoms with Crippen LogP contribution in [0.2, 0.25) is 0 Å². The van der Waals surface area contributed by atoms with E-state index in [1.807, 2.05) is 18.2 Å². The minimum absolute atomic E-state index is 0.0350. The predicted molar refractivity (Wildman–Crippen MR) is 104 cm³/mol. The van der Waals surface area contributed by atoms with Crippen molar-refractivity contribution in [2.45, 2.75) is 43.1 Å². The summed E-state index contributed by atoms with van der Waals surface area (Å²) in [6.07, 6.45) is -1.84. The fraction of sp³-hybridized carbons (Fsp3) is 0.455. The summed E-state index contributed by atoms with van der Waals surface area (Å²) >= 11 is 0. The van der Waals surface area contributed by atoms with Crippen LogP contribution in [0.4, 0.5) is 13.2 Å². The number of nitrogens with one attached hydrogen (secondary N) is 2. The first-order valence-electron chi connectivity index (χ1n) is 9.87. The van der Waals surface area contributed by atoms with Crippen molar-refractivity contribution < 1.29 is 22.6 Å². The third-order valence-corrected chi connectivity index (χ3v) is 6.02. The molecule has 2 heterocycles. The van der Waals surface area contributed by atoms with Crippen molar-refractivity contribution in [2.24, 2.45) is 0 Å². The zero-order valence-electron chi connectivity index (χ0n) is 16.3. The Bertz CT molecular complexity index is 844. The lowest BCUT2D eigenvalue weighted by atomic mass is 9.75. The van der Waals surface area contributed by atoms with Crippen LogP contribution in [0, 0.1) is 0 Å². The Labute approximate surface area is 168 Å². The highest BCUT2D eigenvalue weighted by molar-refractivity contribution is 5.44. The van der Waals surface area contributed by atoms with Gasteiger partial charge in [-0.15, -0.1) is 13.2 Å². The molecule has 4 nitrogen and oxygen atoms in total. The largest absolute Gasteiger partial charge is 0.573 e. The number of halogens is 3. The molecular weight excluding hydrogens is 381 g/mol. The van der Waals surface area contributed by atoms with E-state index in [2.05, 4.69) is 27.5 Å². The molecule has 2 aromatic rings. The first-order valence-corrected chi connectivity index (χ1v) is 9.87. The summed E-state index contributed by atoms with van der Waals surface area (Å²) in [5.41, 5.74) is 1.83. The Kier molecular flexibility index (Phi) is 5.44. The molecule has 2 aromatic carbocycles. The molecule has 1 unspecified atom stereocenters. The summed E-state index contributed by atoms with van der Waals surface area (Å²) in [5, 5.41) is 7.35. The summed E-state index contributed by atoms with van der Waals surface area (Å²) in [7, 11) is 1.54. The number of benzene rings is 2. The summed E-state index contributed by atoms with van der Waals surface area (Å²) in [4.78, 5) is 0. The summed E-state index contributed by atoms with van der Waals surface area (Å²) in [6, 6.07) is 14.8. The van der Waals surface area contributed by atoms with E-state index in [9.17, 15) is 13.2 Å². The van der Waals surface area contributed by atoms with Crippen LogP contribution >= 0.6 is 0 Å². The minimum atomic E-state index is -4.72. The maximum Gasteiger partial charge on any atom is 0.573 e. The van der Waals surface area contributed by atoms with Crippen LogP contribution in [-0.4, -0.2) is 32.1 Å². The fourth-order valence-corrected chi connectivity index (χ4v) is 4.84. The van der Waals surface area contributed by atoms with Gasteiger partial charge in [0.05, 0.1) is 13.2 Å². The normalized spacial score (nSPS) is 27.2. The number of piperidine rings is 1. The van der Waals surface area contributed by atoms with Gasteiger partial charge < -0.3 is 20.1 Å². The van der Waals surface area contributed by atoms with Crippen LogP contribution in [-0.2, 0) is 0 Å². The van der Waals surface area contributed by atoms with Crippen LogP contribution in [0.1, 0.15) is 42.3 Å². The van der Waals surface area contributed by atoms with Gasteiger partial charge in [0, 0.05) is 23.6 Å². The smallest absolute Gasteiger partial charge is 0.496 e. The van der Waals surface area contributed by atoms with Crippen molar-refractivity contribution in [2.75, 3.05) is 20.2 Å². The lowest BCUT2D eigenvalue weighted by Gasteiger charge is -2.43. The molecule has 0 amide bonds. The zero-order chi connectivity index (χ0) is 20.5. The van der Waals surface area contributed by atoms with Crippen molar-refractivity contribution in [1.82, 2.24) is 10.6 Å². The number of hydrogen-bond acceptors (Lipinski definition) is 4. The van der Waals surface area contributed by atoms with Crippen molar-refractivity contribution >= 4 is 0 Å². The van der Waals surface area contributed by atoms with Gasteiger partial charge in [0.2, 0.25) is 0 Å². The lowest BCUT2D eigenvalue weighted by Crippen LogP contribution is -2.54. The molecule has 29 heavy (non-hydrogen) atoms. The third kappa shape index (κ3) is 4.21. The number of alkyl halides is 3. The monoisotopic (exact) mass is 406 g/mol. The van der Waals surface area contributed by atoms with E-state index in [1.165, 1.54) is 24.8 Å². The molecule has 4 rings (SSSR count). The molecule has 2 fully saturated rings. The Morgan fingerprint density at radius 3 is 2.62 bits per heavy atom. The molecule has 7 heteroatoms. The van der Waals surface area contributed by atoms with Gasteiger partial charge in [0.1, 0.15) is 11.5 Å². The second-order valence-corrected chi connectivity index (χ2v) is 7.79. The molecule has 2 saturated heterocycles. The average molecular weight is 406 g/mol. The molecule has 1 spiro atoms. The van der Waals surface area contributed by atoms with Crippen LogP contribution in [0.15, 0.2) is 48.5 Å². The second kappa shape index (κ2) is 7.88. The number of ether oxygens (including phenoxy) is 2. The van der Waals surface area contributed by atoms with Gasteiger partial charge in [0.25, 0.3) is 0 Å². The van der Waals surface area contributed by atoms with E-state index in [4.69, 9.17) is 4.74 Å². The highest BCUT2D eigenvalue weighted by Gasteiger charge is 2.47. The van der Waals surface area contributed by atoms with E-state index >= 15 is 0 Å². The van der Waals surface area contributed by atoms with Gasteiger partial charge in [-0.3, -0.25) is 0 Å². The first kappa shape index (κ1) is 20.0. The molecule has 0 saturated carbocycles. The van der Waals surface area contributed by atoms with Crippen LogP contribution < -0.4 is 20.1 Å². The summed E-state index contributed by atoms with van der Waals surface area (Å²) in [6.45, 7) is 1.63. The third-order valence-electron chi connectivity index (χ3n) is 6.02. The first-order chi connectivity index (χ1) is 13.9. The highest BCUT2D eigenvalue weighted by Crippen LogP contribution is 2.46. The Morgan fingerprint density at radius 2 is 1.90 bits per heavy atom. The van der Waals surface area contributed by atoms with Crippen molar-refractivity contribution in [3.8, 4) is 11.5 Å². The average Bonchev–Trinajstić information content (AvgIpc) is 3.12. The van der Waals surface area contributed by atoms with Crippen molar-refractivity contribution in [3.63, 3.8) is 0 Å². The maximum atomic E-state index is 12.7. The highest BCUT2D eigenvalue weighted by atomic mass is 19.4. The molecule has 2 aliphatic rings. The van der Waals surface area contributed by atoms with Crippen LogP contribution in [0.5, 0.6) is 11.5 Å². The van der Waals surface area contributed by atoms with E-state index in [0.29, 0.717) is 12.3 Å². The topological polar surface area (TPSA) is 42.5 Å². The standard InChI is InChI=1S/C22H25F3N2O2/c1-28-19-9-8-17(29-22(23,24)25)12-18(19)16-13-21(27-14-16)10-5-11-26-20(21)15-6-3-2-4-7-15/h2-4,6-9,12,16,20,26-27H,5,10-11,13-14H2,1H3/t16-,20?,21+/m0/s1. The minimum Gasteiger partial charge on any atom is -0.496 e. The molecular formula is C22H25F3N2O2. The van der Waals surface area contributed by atoms with E-state index in [0.717, 1.165) is 31.4 Å². The molecule has 0 bridgehead atoms. The van der Waals surface area contributed by atoms with Gasteiger partial charge in [0.15, 0.2) is 0 Å². The molecule has 2 N–H and O–H groups in total. The number of rotatable bonds is 4. The number of hydrogen-bond donors (Lipinski definition) is 2. The summed E-state index contributed by atoms with van der Waals surface area (Å²) in [5.74, 6) is 0.409. The van der Waals surface area contributed by atoms with Crippen LogP contribution in [0.3, 0.4) is 0 Å². The predicted octanol–water partition coefficient (Wildman–Crippen LogP) is 4.53. The quantitative estimate of drug-likeness (QED) is 0.783. The zero-order valence-corrected chi connectivity index (χ0v) is 16.3. The van der Waals surface area contributed by atoms with Gasteiger partial charge in [-0.2, -0.15) is 0 Å². The van der Waals surface area contributed by atoms with Crippen molar-refractivity contribution in [3.05, 3.63) is 59.7 Å². The van der Waals surface area contributed by atoms with Gasteiger partial charge in [-0.25, -0.2) is 0 Å². The molecule has 156 valence electrons. The number of methoxy groups -OCH3 is 1. The van der Waals surface area contributed by atoms with Crippen LogP contribution in [0.25, 0.3) is 0 Å². The Morgan fingerprint density at radius 1 is 1.10 bits per heavy atom. The van der Waals surface area contributed by atoms with Crippen molar-refractivity contribution in [1.29, 1.82) is 0 Å². The maximum absolute atomic E-state index is 12.7. The van der Waals surface area contributed by atoms with E-state index in [1.54, 1.807) is 6.07 Å². The molecule has 0 aliphatic carbocycles. The molecule has 0 radical (unpaired) electrons. The second-order valence-electron chi connectivity index (χ2n) is 7.79. The SMILES string of the molecule is COc1ccc(OC(F)(F)F)cc1[C@@H]1CN[C@]2(CCCNC2c2ccccc2)C1. The lowest BCUT2D eigenvalue weighted by molar-refractivity contribution is -0.274. The summed E-state index contributed by atoms with van der Waals surface area (Å²) < 4.78 is 47.6. The Balaban J connectivity index is 1.62. The van der Waals surface area contributed by atoms with E-state index < -0.39 is 6.36 Å². The van der Waals surface area contributed by atoms with E-state index in [-0.39, 0.29) is 23.2 Å².